The van der Waals surface area contributed by atoms with Gasteiger partial charge in [0.05, 0.1) is 6.26 Å². The largest absolute Gasteiger partial charge is 0.469 e. The molecule has 2 rings (SSSR count). The molecule has 0 spiro atoms. The highest BCUT2D eigenvalue weighted by Crippen LogP contribution is 2.26. The van der Waals surface area contributed by atoms with Crippen LogP contribution in [0.15, 0.2) is 77.6 Å². The summed E-state index contributed by atoms with van der Waals surface area (Å²) >= 11 is 0. The SMILES string of the molecule is C=CC[C@@H](/C=C(\C#N)N(CC)c1ccccc1)c1ccco1. The van der Waals surface area contributed by atoms with Crippen molar-refractivity contribution in [2.75, 3.05) is 11.4 Å². The number of hydrogen-bond donors (Lipinski definition) is 0. The fraction of sp³-hybridized carbons (Fsp3) is 0.211. The van der Waals surface area contributed by atoms with Gasteiger partial charge in [0.2, 0.25) is 0 Å². The molecule has 0 saturated heterocycles. The van der Waals surface area contributed by atoms with E-state index in [2.05, 4.69) is 12.6 Å². The zero-order valence-electron chi connectivity index (χ0n) is 12.8. The third-order valence-corrected chi connectivity index (χ3v) is 3.48. The van der Waals surface area contributed by atoms with Crippen molar-refractivity contribution in [3.05, 3.63) is 78.9 Å². The topological polar surface area (TPSA) is 40.2 Å². The molecule has 0 saturated carbocycles. The molecule has 2 aromatic rings. The predicted octanol–water partition coefficient (Wildman–Crippen LogP) is 4.87. The summed E-state index contributed by atoms with van der Waals surface area (Å²) in [6.07, 6.45) is 6.18. The van der Waals surface area contributed by atoms with Gasteiger partial charge in [-0.05, 0) is 43.7 Å². The number of anilines is 1. The molecule has 1 heterocycles. The molecule has 0 fully saturated rings. The van der Waals surface area contributed by atoms with E-state index in [4.69, 9.17) is 4.42 Å². The normalized spacial score (nSPS) is 12.5. The molecule has 0 unspecified atom stereocenters. The van der Waals surface area contributed by atoms with E-state index in [9.17, 15) is 5.26 Å². The van der Waals surface area contributed by atoms with Gasteiger partial charge in [-0.25, -0.2) is 0 Å². The third kappa shape index (κ3) is 3.67. The van der Waals surface area contributed by atoms with E-state index in [1.165, 1.54) is 0 Å². The average molecular weight is 292 g/mol. The number of hydrogen-bond acceptors (Lipinski definition) is 3. The van der Waals surface area contributed by atoms with Gasteiger partial charge in [0, 0.05) is 18.2 Å². The van der Waals surface area contributed by atoms with Crippen LogP contribution >= 0.6 is 0 Å². The fourth-order valence-electron chi connectivity index (χ4n) is 2.43. The molecule has 0 aliphatic carbocycles. The van der Waals surface area contributed by atoms with Crippen molar-refractivity contribution in [1.82, 2.24) is 0 Å². The van der Waals surface area contributed by atoms with Crippen LogP contribution in [-0.4, -0.2) is 6.54 Å². The lowest BCUT2D eigenvalue weighted by molar-refractivity contribution is 0.490. The van der Waals surface area contributed by atoms with Crippen LogP contribution in [0.25, 0.3) is 0 Å². The Balaban J connectivity index is 2.35. The molecule has 1 aromatic heterocycles. The van der Waals surface area contributed by atoms with Crippen LogP contribution in [0.5, 0.6) is 0 Å². The Labute approximate surface area is 131 Å². The van der Waals surface area contributed by atoms with Crippen molar-refractivity contribution in [1.29, 1.82) is 5.26 Å². The standard InChI is InChI=1S/C19H20N2O/c1-3-9-16(19-12-8-13-22-19)14-18(15-20)21(4-2)17-10-6-5-7-11-17/h3,5-8,10-14,16H,1,4,9H2,2H3/b18-14+/t16-/m0/s1. The van der Waals surface area contributed by atoms with Gasteiger partial charge >= 0.3 is 0 Å². The van der Waals surface area contributed by atoms with E-state index in [0.29, 0.717) is 5.70 Å². The van der Waals surface area contributed by atoms with E-state index in [1.807, 2.05) is 66.4 Å². The second-order valence-corrected chi connectivity index (χ2v) is 4.89. The van der Waals surface area contributed by atoms with Crippen LogP contribution in [0.4, 0.5) is 5.69 Å². The lowest BCUT2D eigenvalue weighted by Gasteiger charge is -2.23. The minimum atomic E-state index is 0.0138. The van der Waals surface area contributed by atoms with Crippen molar-refractivity contribution in [3.8, 4) is 6.07 Å². The predicted molar refractivity (Wildman–Crippen MR) is 89.4 cm³/mol. The summed E-state index contributed by atoms with van der Waals surface area (Å²) in [4.78, 5) is 2.00. The maximum absolute atomic E-state index is 9.59. The monoisotopic (exact) mass is 292 g/mol. The summed E-state index contributed by atoms with van der Waals surface area (Å²) in [6, 6.07) is 16.0. The van der Waals surface area contributed by atoms with Crippen molar-refractivity contribution in [2.24, 2.45) is 0 Å². The molecule has 3 heteroatoms. The first-order chi connectivity index (χ1) is 10.8. The lowest BCUT2D eigenvalue weighted by atomic mass is 10.0. The first kappa shape index (κ1) is 15.7. The van der Waals surface area contributed by atoms with E-state index in [0.717, 1.165) is 24.4 Å². The molecule has 0 amide bonds. The third-order valence-electron chi connectivity index (χ3n) is 3.48. The Morgan fingerprint density at radius 3 is 2.64 bits per heavy atom. The first-order valence-corrected chi connectivity index (χ1v) is 7.39. The molecular weight excluding hydrogens is 272 g/mol. The minimum Gasteiger partial charge on any atom is -0.469 e. The van der Waals surface area contributed by atoms with Gasteiger partial charge < -0.3 is 9.32 Å². The van der Waals surface area contributed by atoms with Crippen LogP contribution < -0.4 is 4.90 Å². The van der Waals surface area contributed by atoms with Crippen molar-refractivity contribution < 1.29 is 4.42 Å². The smallest absolute Gasteiger partial charge is 0.117 e. The number of furan rings is 1. The van der Waals surface area contributed by atoms with Gasteiger partial charge in [-0.2, -0.15) is 5.26 Å². The highest BCUT2D eigenvalue weighted by atomic mass is 16.3. The summed E-state index contributed by atoms with van der Waals surface area (Å²) in [5.41, 5.74) is 1.63. The summed E-state index contributed by atoms with van der Waals surface area (Å²) in [5, 5.41) is 9.59. The van der Waals surface area contributed by atoms with Gasteiger partial charge in [0.1, 0.15) is 17.5 Å². The molecule has 3 nitrogen and oxygen atoms in total. The number of rotatable bonds is 7. The number of para-hydroxylation sites is 1. The van der Waals surface area contributed by atoms with Crippen LogP contribution in [-0.2, 0) is 0 Å². The summed E-state index contributed by atoms with van der Waals surface area (Å²) in [6.45, 7) is 6.56. The minimum absolute atomic E-state index is 0.0138. The van der Waals surface area contributed by atoms with Gasteiger partial charge in [0.25, 0.3) is 0 Å². The van der Waals surface area contributed by atoms with E-state index in [1.54, 1.807) is 6.26 Å². The van der Waals surface area contributed by atoms with Crippen LogP contribution in [0, 0.1) is 11.3 Å². The molecule has 22 heavy (non-hydrogen) atoms. The maximum Gasteiger partial charge on any atom is 0.117 e. The second-order valence-electron chi connectivity index (χ2n) is 4.89. The zero-order chi connectivity index (χ0) is 15.8. The van der Waals surface area contributed by atoms with E-state index >= 15 is 0 Å². The molecule has 1 atom stereocenters. The van der Waals surface area contributed by atoms with Gasteiger partial charge in [0.15, 0.2) is 0 Å². The molecule has 0 radical (unpaired) electrons. The highest BCUT2D eigenvalue weighted by Gasteiger charge is 2.15. The molecular formula is C19H20N2O. The maximum atomic E-state index is 9.59. The molecule has 0 aliphatic heterocycles. The first-order valence-electron chi connectivity index (χ1n) is 7.39. The van der Waals surface area contributed by atoms with Gasteiger partial charge in [-0.3, -0.25) is 0 Å². The fourth-order valence-corrected chi connectivity index (χ4v) is 2.43. The Hall–Kier alpha value is -2.73. The summed E-state index contributed by atoms with van der Waals surface area (Å²) in [7, 11) is 0. The Kier molecular flexibility index (Phi) is 5.62. The van der Waals surface area contributed by atoms with Crippen molar-refractivity contribution in [3.63, 3.8) is 0 Å². The molecule has 0 N–H and O–H groups in total. The zero-order valence-corrected chi connectivity index (χ0v) is 12.8. The van der Waals surface area contributed by atoms with Gasteiger partial charge in [-0.15, -0.1) is 6.58 Å². The van der Waals surface area contributed by atoms with E-state index in [-0.39, 0.29) is 5.92 Å². The molecule has 112 valence electrons. The summed E-state index contributed by atoms with van der Waals surface area (Å²) in [5.74, 6) is 0.858. The molecule has 0 bridgehead atoms. The lowest BCUT2D eigenvalue weighted by Crippen LogP contribution is -2.21. The van der Waals surface area contributed by atoms with Crippen molar-refractivity contribution >= 4 is 5.69 Å². The number of allylic oxidation sites excluding steroid dienone is 3. The number of benzene rings is 1. The highest BCUT2D eigenvalue weighted by molar-refractivity contribution is 5.55. The Bertz CT molecular complexity index is 650. The Morgan fingerprint density at radius 2 is 2.09 bits per heavy atom. The number of nitriles is 1. The van der Waals surface area contributed by atoms with E-state index < -0.39 is 0 Å². The second kappa shape index (κ2) is 7.90. The van der Waals surface area contributed by atoms with Crippen LogP contribution in [0.1, 0.15) is 25.0 Å². The Morgan fingerprint density at radius 1 is 1.32 bits per heavy atom. The molecule has 0 aliphatic rings. The number of nitrogens with zero attached hydrogens (tertiary/aromatic N) is 2. The van der Waals surface area contributed by atoms with Gasteiger partial charge in [-0.1, -0.05) is 24.3 Å². The van der Waals surface area contributed by atoms with Crippen LogP contribution in [0.2, 0.25) is 0 Å². The van der Waals surface area contributed by atoms with Crippen LogP contribution in [0.3, 0.4) is 0 Å². The van der Waals surface area contributed by atoms with Crippen molar-refractivity contribution in [2.45, 2.75) is 19.3 Å². The quantitative estimate of drug-likeness (QED) is 0.539. The summed E-state index contributed by atoms with van der Waals surface area (Å²) < 4.78 is 5.49. The average Bonchev–Trinajstić information content (AvgIpc) is 3.09. The molecule has 1 aromatic carbocycles.